The van der Waals surface area contributed by atoms with E-state index < -0.39 is 17.0 Å². The molecule has 1 amide bonds. The molecule has 3 aliphatic rings. The SMILES string of the molecule is O=C(/C=C/c1cccs1)N1CCC2(CC1)Oc1ccc(F)cc1C(=O)C21CC(c2ccc(Cl)cc2)=NO1. The Balaban J connectivity index is 1.30. The molecule has 9 heteroatoms. The van der Waals surface area contributed by atoms with Crippen LogP contribution < -0.4 is 4.74 Å². The van der Waals surface area contributed by atoms with Crippen LogP contribution in [0.25, 0.3) is 6.08 Å². The average molecular weight is 537 g/mol. The third kappa shape index (κ3) is 4.04. The van der Waals surface area contributed by atoms with Crippen LogP contribution in [0.15, 0.2) is 71.2 Å². The second kappa shape index (κ2) is 9.11. The first-order valence-electron chi connectivity index (χ1n) is 11.9. The van der Waals surface area contributed by atoms with Crippen LogP contribution in [0.5, 0.6) is 5.75 Å². The van der Waals surface area contributed by atoms with E-state index in [4.69, 9.17) is 21.2 Å². The molecule has 0 bridgehead atoms. The number of benzene rings is 2. The van der Waals surface area contributed by atoms with Crippen molar-refractivity contribution in [2.75, 3.05) is 13.1 Å². The van der Waals surface area contributed by atoms with Crippen LogP contribution in [0.1, 0.15) is 40.1 Å². The number of fused-ring (bicyclic) bond motifs is 2. The second-order valence-electron chi connectivity index (χ2n) is 9.38. The first-order chi connectivity index (χ1) is 17.9. The summed E-state index contributed by atoms with van der Waals surface area (Å²) < 4.78 is 20.6. The molecule has 1 unspecified atom stereocenters. The van der Waals surface area contributed by atoms with Crippen molar-refractivity contribution in [3.8, 4) is 5.75 Å². The number of rotatable bonds is 3. The van der Waals surface area contributed by atoms with Gasteiger partial charge in [0.2, 0.25) is 17.3 Å². The minimum absolute atomic E-state index is 0.104. The molecule has 6 nitrogen and oxygen atoms in total. The van der Waals surface area contributed by atoms with Crippen LogP contribution in [0, 0.1) is 5.82 Å². The number of hydrogen-bond acceptors (Lipinski definition) is 6. The van der Waals surface area contributed by atoms with Crippen molar-refractivity contribution in [3.63, 3.8) is 0 Å². The minimum Gasteiger partial charge on any atom is -0.482 e. The van der Waals surface area contributed by atoms with Crippen molar-refractivity contribution in [2.45, 2.75) is 30.5 Å². The molecule has 37 heavy (non-hydrogen) atoms. The third-order valence-electron chi connectivity index (χ3n) is 7.32. The zero-order valence-electron chi connectivity index (χ0n) is 19.7. The fraction of sp³-hybridized carbons (Fsp3) is 0.250. The molecule has 2 spiro atoms. The molecule has 3 aromatic rings. The fourth-order valence-corrected chi connectivity index (χ4v) is 6.07. The van der Waals surface area contributed by atoms with Crippen LogP contribution >= 0.6 is 22.9 Å². The number of hydrogen-bond donors (Lipinski definition) is 0. The Bertz CT molecular complexity index is 1430. The summed E-state index contributed by atoms with van der Waals surface area (Å²) in [5, 5.41) is 6.85. The van der Waals surface area contributed by atoms with E-state index in [1.165, 1.54) is 18.2 Å². The van der Waals surface area contributed by atoms with Gasteiger partial charge in [-0.15, -0.1) is 11.3 Å². The molecule has 0 aliphatic carbocycles. The molecule has 1 fully saturated rings. The molecule has 0 saturated carbocycles. The maximum absolute atomic E-state index is 14.1. The molecule has 1 aromatic heterocycles. The van der Waals surface area contributed by atoms with Crippen molar-refractivity contribution < 1.29 is 23.6 Å². The molecule has 0 N–H and O–H groups in total. The van der Waals surface area contributed by atoms with Crippen LogP contribution in [0.3, 0.4) is 0 Å². The van der Waals surface area contributed by atoms with Gasteiger partial charge in [0.25, 0.3) is 0 Å². The fourth-order valence-electron chi connectivity index (χ4n) is 5.32. The Labute approximate surface area is 221 Å². The number of likely N-dealkylation sites (tertiary alicyclic amines) is 1. The lowest BCUT2D eigenvalue weighted by atomic mass is 9.67. The van der Waals surface area contributed by atoms with Gasteiger partial charge in [0.15, 0.2) is 5.60 Å². The number of thiophene rings is 1. The monoisotopic (exact) mass is 536 g/mol. The van der Waals surface area contributed by atoms with Crippen LogP contribution in [0.2, 0.25) is 5.02 Å². The number of carbonyl (C=O) groups is 2. The highest BCUT2D eigenvalue weighted by Crippen LogP contribution is 2.51. The number of ether oxygens (including phenoxy) is 1. The Morgan fingerprint density at radius 1 is 1.14 bits per heavy atom. The van der Waals surface area contributed by atoms with Gasteiger partial charge in [-0.1, -0.05) is 35.0 Å². The highest BCUT2D eigenvalue weighted by atomic mass is 35.5. The first kappa shape index (κ1) is 23.9. The molecule has 1 atom stereocenters. The molecular weight excluding hydrogens is 515 g/mol. The van der Waals surface area contributed by atoms with Crippen LogP contribution in [-0.2, 0) is 9.63 Å². The summed E-state index contributed by atoms with van der Waals surface area (Å²) in [7, 11) is 0. The average Bonchev–Trinajstić information content (AvgIpc) is 3.59. The van der Waals surface area contributed by atoms with Gasteiger partial charge in [-0.05, 0) is 53.4 Å². The van der Waals surface area contributed by atoms with Crippen LogP contribution in [0.4, 0.5) is 4.39 Å². The maximum atomic E-state index is 14.1. The predicted molar refractivity (Wildman–Crippen MR) is 140 cm³/mol. The van der Waals surface area contributed by atoms with Gasteiger partial charge in [0, 0.05) is 48.3 Å². The minimum atomic E-state index is -1.47. The molecular formula is C28H22ClFN2O4S. The lowest BCUT2D eigenvalue weighted by Gasteiger charge is -2.51. The van der Waals surface area contributed by atoms with Crippen molar-refractivity contribution in [3.05, 3.63) is 92.9 Å². The predicted octanol–water partition coefficient (Wildman–Crippen LogP) is 5.75. The number of halogens is 2. The number of piperidine rings is 1. The van der Waals surface area contributed by atoms with Crippen molar-refractivity contribution in [1.29, 1.82) is 0 Å². The smallest absolute Gasteiger partial charge is 0.246 e. The normalized spacial score (nSPS) is 22.2. The van der Waals surface area contributed by atoms with E-state index in [0.717, 1.165) is 10.4 Å². The van der Waals surface area contributed by atoms with Gasteiger partial charge in [-0.3, -0.25) is 9.59 Å². The summed E-state index contributed by atoms with van der Waals surface area (Å²) >= 11 is 7.60. The summed E-state index contributed by atoms with van der Waals surface area (Å²) in [6, 6.07) is 15.0. The molecule has 1 saturated heterocycles. The maximum Gasteiger partial charge on any atom is 0.246 e. The van der Waals surface area contributed by atoms with Gasteiger partial charge in [0.05, 0.1) is 11.3 Å². The lowest BCUT2D eigenvalue weighted by Crippen LogP contribution is -2.68. The molecule has 2 aromatic carbocycles. The molecule has 6 rings (SSSR count). The van der Waals surface area contributed by atoms with E-state index in [1.807, 2.05) is 29.6 Å². The van der Waals surface area contributed by atoms with E-state index in [0.29, 0.717) is 42.4 Å². The van der Waals surface area contributed by atoms with E-state index >= 15 is 0 Å². The molecule has 4 heterocycles. The van der Waals surface area contributed by atoms with Crippen LogP contribution in [-0.4, -0.2) is 46.6 Å². The van der Waals surface area contributed by atoms with E-state index in [9.17, 15) is 14.0 Å². The number of amides is 1. The van der Waals surface area contributed by atoms with E-state index in [2.05, 4.69) is 5.16 Å². The van der Waals surface area contributed by atoms with Crippen molar-refractivity contribution >= 4 is 46.4 Å². The summed E-state index contributed by atoms with van der Waals surface area (Å²) in [6.07, 6.45) is 4.25. The Kier molecular flexibility index (Phi) is 5.88. The Morgan fingerprint density at radius 2 is 1.92 bits per heavy atom. The molecule has 0 radical (unpaired) electrons. The number of nitrogens with zero attached hydrogens (tertiary/aromatic N) is 2. The molecule has 3 aliphatic heterocycles. The zero-order valence-corrected chi connectivity index (χ0v) is 21.2. The number of oxime groups is 1. The zero-order chi connectivity index (χ0) is 25.6. The number of Topliss-reactive ketones (excluding diaryl/α,β-unsaturated/α-hetero) is 1. The van der Waals surface area contributed by atoms with Gasteiger partial charge >= 0.3 is 0 Å². The van der Waals surface area contributed by atoms with Gasteiger partial charge in [-0.2, -0.15) is 0 Å². The summed E-state index contributed by atoms with van der Waals surface area (Å²) in [4.78, 5) is 35.6. The van der Waals surface area contributed by atoms with E-state index in [1.54, 1.807) is 40.5 Å². The van der Waals surface area contributed by atoms with Crippen molar-refractivity contribution in [2.24, 2.45) is 5.16 Å². The second-order valence-corrected chi connectivity index (χ2v) is 10.8. The summed E-state index contributed by atoms with van der Waals surface area (Å²) in [5.74, 6) is -0.680. The highest BCUT2D eigenvalue weighted by Gasteiger charge is 2.67. The van der Waals surface area contributed by atoms with Gasteiger partial charge < -0.3 is 14.5 Å². The summed E-state index contributed by atoms with van der Waals surface area (Å²) in [5.41, 5.74) is -1.03. The highest BCUT2D eigenvalue weighted by molar-refractivity contribution is 7.10. The largest absolute Gasteiger partial charge is 0.482 e. The van der Waals surface area contributed by atoms with Crippen molar-refractivity contribution in [1.82, 2.24) is 4.90 Å². The Morgan fingerprint density at radius 3 is 2.65 bits per heavy atom. The number of ketones is 1. The third-order valence-corrected chi connectivity index (χ3v) is 8.41. The quantitative estimate of drug-likeness (QED) is 0.399. The van der Waals surface area contributed by atoms with E-state index in [-0.39, 0.29) is 23.7 Å². The first-order valence-corrected chi connectivity index (χ1v) is 13.2. The lowest BCUT2D eigenvalue weighted by molar-refractivity contribution is -0.161. The standard InChI is InChI=1S/C28H22ClFN2O4S/c29-19-5-3-18(4-6-19)23-17-28(36-31-23)26(34)22-16-20(30)7-9-24(22)35-27(28)11-13-32(14-12-27)25(33)10-8-21-2-1-15-37-21/h1-10,15-16H,11-14,17H2/b10-8+. The summed E-state index contributed by atoms with van der Waals surface area (Å²) in [6.45, 7) is 0.748. The van der Waals surface area contributed by atoms with Gasteiger partial charge in [-0.25, -0.2) is 4.39 Å². The van der Waals surface area contributed by atoms with Gasteiger partial charge in [0.1, 0.15) is 11.6 Å². The topological polar surface area (TPSA) is 68.2 Å². The Hall–Kier alpha value is -3.49. The number of carbonyl (C=O) groups excluding carboxylic acids is 2. The molecule has 188 valence electrons.